The van der Waals surface area contributed by atoms with Crippen molar-refractivity contribution in [1.29, 1.82) is 0 Å². The molecule has 1 aliphatic heterocycles. The zero-order valence-electron chi connectivity index (χ0n) is 11.4. The quantitative estimate of drug-likeness (QED) is 0.850. The van der Waals surface area contributed by atoms with E-state index in [0.29, 0.717) is 18.0 Å². The number of hydrogen-bond acceptors (Lipinski definition) is 3. The second-order valence-corrected chi connectivity index (χ2v) is 5.74. The maximum absolute atomic E-state index is 12.0. The summed E-state index contributed by atoms with van der Waals surface area (Å²) >= 11 is 5.78. The summed E-state index contributed by atoms with van der Waals surface area (Å²) in [7, 11) is 2.12. The molecule has 0 amide bonds. The van der Waals surface area contributed by atoms with Crippen molar-refractivity contribution in [3.63, 3.8) is 0 Å². The van der Waals surface area contributed by atoms with Crippen molar-refractivity contribution in [1.82, 2.24) is 14.5 Å². The van der Waals surface area contributed by atoms with Gasteiger partial charge in [0.15, 0.2) is 0 Å². The Morgan fingerprint density at radius 3 is 2.58 bits per heavy atom. The molecule has 1 N–H and O–H groups in total. The van der Waals surface area contributed by atoms with E-state index in [0.717, 1.165) is 32.4 Å². The first-order valence-electron chi connectivity index (χ1n) is 6.67. The summed E-state index contributed by atoms with van der Waals surface area (Å²) in [5.74, 6) is 0.596. The van der Waals surface area contributed by atoms with Crippen molar-refractivity contribution in [3.05, 3.63) is 31.6 Å². The maximum atomic E-state index is 12.0. The molecular weight excluding hydrogens is 266 g/mol. The number of piperidine rings is 1. The lowest BCUT2D eigenvalue weighted by molar-refractivity contribution is 0.207. The van der Waals surface area contributed by atoms with Crippen LogP contribution in [0.1, 0.15) is 24.8 Å². The van der Waals surface area contributed by atoms with Crippen LogP contribution in [0.25, 0.3) is 0 Å². The van der Waals surface area contributed by atoms with Gasteiger partial charge in [0.1, 0.15) is 5.15 Å². The van der Waals surface area contributed by atoms with E-state index in [4.69, 9.17) is 11.6 Å². The molecule has 5 nitrogen and oxygen atoms in total. The molecule has 1 aromatic heterocycles. The summed E-state index contributed by atoms with van der Waals surface area (Å²) in [4.78, 5) is 28.6. The fourth-order valence-electron chi connectivity index (χ4n) is 2.51. The molecule has 0 atom stereocenters. The van der Waals surface area contributed by atoms with Gasteiger partial charge in [-0.15, -0.1) is 0 Å². The molecule has 0 saturated carbocycles. The number of nitrogens with zero attached hydrogens (tertiary/aromatic N) is 2. The SMILES string of the molecule is Cc1c(Cl)[nH]c(=O)n(CCC2CCN(C)CC2)c1=O. The highest BCUT2D eigenvalue weighted by Crippen LogP contribution is 2.19. The lowest BCUT2D eigenvalue weighted by Crippen LogP contribution is -2.38. The van der Waals surface area contributed by atoms with E-state index < -0.39 is 5.69 Å². The minimum Gasteiger partial charge on any atom is -0.306 e. The minimum absolute atomic E-state index is 0.144. The van der Waals surface area contributed by atoms with Gasteiger partial charge >= 0.3 is 5.69 Å². The highest BCUT2D eigenvalue weighted by molar-refractivity contribution is 6.30. The van der Waals surface area contributed by atoms with Crippen LogP contribution in [0.2, 0.25) is 5.15 Å². The maximum Gasteiger partial charge on any atom is 0.329 e. The molecule has 0 radical (unpaired) electrons. The van der Waals surface area contributed by atoms with Gasteiger partial charge in [-0.25, -0.2) is 4.79 Å². The van der Waals surface area contributed by atoms with Crippen LogP contribution in [-0.2, 0) is 6.54 Å². The molecule has 0 unspecified atom stereocenters. The Morgan fingerprint density at radius 1 is 1.32 bits per heavy atom. The van der Waals surface area contributed by atoms with Gasteiger partial charge in [-0.3, -0.25) is 14.3 Å². The number of aromatic amines is 1. The van der Waals surface area contributed by atoms with E-state index in [1.54, 1.807) is 6.92 Å². The van der Waals surface area contributed by atoms with E-state index >= 15 is 0 Å². The Labute approximate surface area is 117 Å². The number of rotatable bonds is 3. The Bertz CT molecular complexity index is 556. The normalized spacial score (nSPS) is 17.8. The van der Waals surface area contributed by atoms with Gasteiger partial charge in [0.2, 0.25) is 0 Å². The van der Waals surface area contributed by atoms with E-state index in [1.807, 2.05) is 0 Å². The fourth-order valence-corrected chi connectivity index (χ4v) is 2.67. The molecule has 2 heterocycles. The van der Waals surface area contributed by atoms with E-state index in [1.165, 1.54) is 4.57 Å². The Hall–Kier alpha value is -1.07. The third kappa shape index (κ3) is 3.28. The summed E-state index contributed by atoms with van der Waals surface area (Å²) in [6.45, 7) is 4.29. The third-order valence-corrected chi connectivity index (χ3v) is 4.33. The zero-order chi connectivity index (χ0) is 14.0. The van der Waals surface area contributed by atoms with Crippen LogP contribution in [0.5, 0.6) is 0 Å². The summed E-state index contributed by atoms with van der Waals surface area (Å²) in [6.07, 6.45) is 3.14. The predicted molar refractivity (Wildman–Crippen MR) is 75.9 cm³/mol. The Balaban J connectivity index is 2.06. The highest BCUT2D eigenvalue weighted by Gasteiger charge is 2.17. The lowest BCUT2D eigenvalue weighted by Gasteiger charge is -2.28. The molecule has 0 spiro atoms. The van der Waals surface area contributed by atoms with Gasteiger partial charge < -0.3 is 4.90 Å². The summed E-state index contributed by atoms with van der Waals surface area (Å²) in [6, 6.07) is 0. The average Bonchev–Trinajstić information content (AvgIpc) is 2.38. The van der Waals surface area contributed by atoms with Gasteiger partial charge in [-0.05, 0) is 52.2 Å². The number of likely N-dealkylation sites (tertiary alicyclic amines) is 1. The monoisotopic (exact) mass is 285 g/mol. The zero-order valence-corrected chi connectivity index (χ0v) is 12.2. The first-order chi connectivity index (χ1) is 8.99. The Kier molecular flexibility index (Phi) is 4.47. The van der Waals surface area contributed by atoms with Crippen molar-refractivity contribution in [2.75, 3.05) is 20.1 Å². The van der Waals surface area contributed by atoms with Crippen LogP contribution in [0.3, 0.4) is 0 Å². The smallest absolute Gasteiger partial charge is 0.306 e. The van der Waals surface area contributed by atoms with Crippen molar-refractivity contribution >= 4 is 11.6 Å². The standard InChI is InChI=1S/C13H20ClN3O2/c1-9-11(14)15-13(19)17(12(9)18)8-5-10-3-6-16(2)7-4-10/h10H,3-8H2,1-2H3,(H,15,19). The largest absolute Gasteiger partial charge is 0.329 e. The molecule has 0 aromatic carbocycles. The van der Waals surface area contributed by atoms with Crippen LogP contribution in [-0.4, -0.2) is 34.6 Å². The summed E-state index contributed by atoms with van der Waals surface area (Å²) in [5, 5.41) is 0.144. The van der Waals surface area contributed by atoms with Gasteiger partial charge in [-0.1, -0.05) is 11.6 Å². The number of aromatic nitrogens is 2. The molecule has 1 aromatic rings. The first kappa shape index (κ1) is 14.3. The van der Waals surface area contributed by atoms with Crippen LogP contribution >= 0.6 is 11.6 Å². The predicted octanol–water partition coefficient (Wildman–Crippen LogP) is 1.23. The van der Waals surface area contributed by atoms with Crippen LogP contribution in [0.4, 0.5) is 0 Å². The van der Waals surface area contributed by atoms with E-state index in [9.17, 15) is 9.59 Å². The molecule has 0 bridgehead atoms. The molecule has 6 heteroatoms. The van der Waals surface area contributed by atoms with Gasteiger partial charge in [0.25, 0.3) is 5.56 Å². The minimum atomic E-state index is -0.409. The number of hydrogen-bond donors (Lipinski definition) is 1. The fraction of sp³-hybridized carbons (Fsp3) is 0.692. The number of H-pyrrole nitrogens is 1. The summed E-state index contributed by atoms with van der Waals surface area (Å²) in [5.41, 5.74) is -0.278. The van der Waals surface area contributed by atoms with Crippen molar-refractivity contribution in [2.24, 2.45) is 5.92 Å². The summed E-state index contributed by atoms with van der Waals surface area (Å²) < 4.78 is 1.26. The van der Waals surface area contributed by atoms with Gasteiger partial charge in [0.05, 0.1) is 0 Å². The van der Waals surface area contributed by atoms with Crippen molar-refractivity contribution < 1.29 is 0 Å². The van der Waals surface area contributed by atoms with Crippen molar-refractivity contribution in [2.45, 2.75) is 32.7 Å². The molecule has 2 rings (SSSR count). The second-order valence-electron chi connectivity index (χ2n) is 5.36. The highest BCUT2D eigenvalue weighted by atomic mass is 35.5. The molecule has 106 valence electrons. The molecule has 19 heavy (non-hydrogen) atoms. The van der Waals surface area contributed by atoms with Crippen LogP contribution in [0, 0.1) is 12.8 Å². The lowest BCUT2D eigenvalue weighted by atomic mass is 9.94. The molecule has 1 aliphatic rings. The molecule has 0 aliphatic carbocycles. The second kappa shape index (κ2) is 5.92. The number of halogens is 1. The Morgan fingerprint density at radius 2 is 1.95 bits per heavy atom. The topological polar surface area (TPSA) is 58.1 Å². The first-order valence-corrected chi connectivity index (χ1v) is 7.04. The molecular formula is C13H20ClN3O2. The van der Waals surface area contributed by atoms with Crippen LogP contribution < -0.4 is 11.2 Å². The third-order valence-electron chi connectivity index (χ3n) is 3.96. The van der Waals surface area contributed by atoms with Gasteiger partial charge in [-0.2, -0.15) is 0 Å². The van der Waals surface area contributed by atoms with E-state index in [2.05, 4.69) is 16.9 Å². The number of nitrogens with one attached hydrogen (secondary N) is 1. The molecule has 1 saturated heterocycles. The van der Waals surface area contributed by atoms with Crippen molar-refractivity contribution in [3.8, 4) is 0 Å². The average molecular weight is 286 g/mol. The van der Waals surface area contributed by atoms with Gasteiger partial charge in [0, 0.05) is 12.1 Å². The molecule has 1 fully saturated rings. The van der Waals surface area contributed by atoms with E-state index in [-0.39, 0.29) is 10.7 Å². The van der Waals surface area contributed by atoms with Crippen LogP contribution in [0.15, 0.2) is 9.59 Å².